The van der Waals surface area contributed by atoms with Gasteiger partial charge in [-0.25, -0.2) is 0 Å². The number of hydrogen-bond donors (Lipinski definition) is 2. The molecule has 0 spiro atoms. The molecule has 0 atom stereocenters. The van der Waals surface area contributed by atoms with Crippen LogP contribution in [0.4, 0.5) is 0 Å². The third-order valence-electron chi connectivity index (χ3n) is 4.23. The van der Waals surface area contributed by atoms with Crippen LogP contribution in [0.5, 0.6) is 0 Å². The number of nitrogens with two attached hydrogens (primary N) is 1. The van der Waals surface area contributed by atoms with Gasteiger partial charge in [-0.1, -0.05) is 6.42 Å². The first-order valence-electron chi connectivity index (χ1n) is 6.74. The number of carboxylic acid groups (broad SMARTS) is 1. The Morgan fingerprint density at radius 2 is 2.00 bits per heavy atom. The van der Waals surface area contributed by atoms with Crippen molar-refractivity contribution < 1.29 is 14.7 Å². The SMILES string of the molecule is NCC1(CC(=O)N(CC(=O)O)CC2CC2)CCC1. The van der Waals surface area contributed by atoms with Crippen LogP contribution in [0.3, 0.4) is 0 Å². The smallest absolute Gasteiger partial charge is 0.323 e. The average molecular weight is 254 g/mol. The predicted octanol–water partition coefficient (Wildman–Crippen LogP) is 0.829. The highest BCUT2D eigenvalue weighted by Gasteiger charge is 2.39. The number of amides is 1. The van der Waals surface area contributed by atoms with Crippen LogP contribution in [0.2, 0.25) is 0 Å². The predicted molar refractivity (Wildman–Crippen MR) is 66.9 cm³/mol. The Morgan fingerprint density at radius 3 is 2.39 bits per heavy atom. The molecule has 0 aromatic rings. The normalized spacial score (nSPS) is 21.2. The van der Waals surface area contributed by atoms with E-state index in [0.717, 1.165) is 32.1 Å². The molecule has 0 bridgehead atoms. The summed E-state index contributed by atoms with van der Waals surface area (Å²) in [5, 5.41) is 8.87. The van der Waals surface area contributed by atoms with Crippen LogP contribution in [0.15, 0.2) is 0 Å². The number of rotatable bonds is 7. The van der Waals surface area contributed by atoms with Gasteiger partial charge in [0.15, 0.2) is 0 Å². The van der Waals surface area contributed by atoms with Gasteiger partial charge in [0.1, 0.15) is 6.54 Å². The van der Waals surface area contributed by atoms with E-state index in [2.05, 4.69) is 0 Å². The number of hydrogen-bond acceptors (Lipinski definition) is 3. The highest BCUT2D eigenvalue weighted by molar-refractivity contribution is 5.82. The zero-order valence-corrected chi connectivity index (χ0v) is 10.7. The molecule has 5 heteroatoms. The molecule has 2 rings (SSSR count). The second kappa shape index (κ2) is 5.26. The minimum absolute atomic E-state index is 0.0329. The maximum Gasteiger partial charge on any atom is 0.323 e. The van der Waals surface area contributed by atoms with Crippen molar-refractivity contribution in [2.24, 2.45) is 17.1 Å². The molecule has 2 fully saturated rings. The molecule has 0 unspecified atom stereocenters. The summed E-state index contributed by atoms with van der Waals surface area (Å²) in [6.07, 6.45) is 5.78. The van der Waals surface area contributed by atoms with Gasteiger partial charge in [0.25, 0.3) is 0 Å². The standard InChI is InChI=1S/C13H22N2O3/c14-9-13(4-1-5-13)6-11(16)15(8-12(17)18)7-10-2-3-10/h10H,1-9,14H2,(H,17,18). The molecular formula is C13H22N2O3. The van der Waals surface area contributed by atoms with Crippen molar-refractivity contribution in [2.75, 3.05) is 19.6 Å². The van der Waals surface area contributed by atoms with Crippen molar-refractivity contribution in [3.05, 3.63) is 0 Å². The molecule has 0 aromatic carbocycles. The van der Waals surface area contributed by atoms with Crippen LogP contribution in [0.25, 0.3) is 0 Å². The molecule has 5 nitrogen and oxygen atoms in total. The van der Waals surface area contributed by atoms with Crippen LogP contribution in [-0.4, -0.2) is 41.5 Å². The summed E-state index contributed by atoms with van der Waals surface area (Å²) in [7, 11) is 0. The Labute approximate surface area is 107 Å². The first-order chi connectivity index (χ1) is 8.54. The summed E-state index contributed by atoms with van der Waals surface area (Å²) in [5.74, 6) is -0.447. The lowest BCUT2D eigenvalue weighted by Gasteiger charge is -2.41. The van der Waals surface area contributed by atoms with Crippen molar-refractivity contribution in [3.63, 3.8) is 0 Å². The molecule has 18 heavy (non-hydrogen) atoms. The fraction of sp³-hybridized carbons (Fsp3) is 0.846. The van der Waals surface area contributed by atoms with Crippen molar-refractivity contribution in [3.8, 4) is 0 Å². The summed E-state index contributed by atoms with van der Waals surface area (Å²) in [6, 6.07) is 0. The van der Waals surface area contributed by atoms with Crippen molar-refractivity contribution in [1.82, 2.24) is 4.90 Å². The fourth-order valence-electron chi connectivity index (χ4n) is 2.59. The van der Waals surface area contributed by atoms with E-state index in [1.807, 2.05) is 0 Å². The van der Waals surface area contributed by atoms with E-state index in [4.69, 9.17) is 10.8 Å². The molecule has 102 valence electrons. The number of nitrogens with zero attached hydrogens (tertiary/aromatic N) is 1. The first kappa shape index (κ1) is 13.3. The Morgan fingerprint density at radius 1 is 1.33 bits per heavy atom. The van der Waals surface area contributed by atoms with Gasteiger partial charge in [0, 0.05) is 13.0 Å². The van der Waals surface area contributed by atoms with Crippen molar-refractivity contribution >= 4 is 11.9 Å². The van der Waals surface area contributed by atoms with E-state index < -0.39 is 5.97 Å². The van der Waals surface area contributed by atoms with Crippen molar-refractivity contribution in [2.45, 2.75) is 38.5 Å². The number of aliphatic carboxylic acids is 1. The third kappa shape index (κ3) is 3.22. The minimum Gasteiger partial charge on any atom is -0.480 e. The third-order valence-corrected chi connectivity index (χ3v) is 4.23. The van der Waals surface area contributed by atoms with E-state index in [-0.39, 0.29) is 17.9 Å². The zero-order chi connectivity index (χ0) is 13.2. The number of carbonyl (C=O) groups excluding carboxylic acids is 1. The first-order valence-corrected chi connectivity index (χ1v) is 6.74. The Hall–Kier alpha value is -1.10. The van der Waals surface area contributed by atoms with E-state index in [9.17, 15) is 9.59 Å². The van der Waals surface area contributed by atoms with E-state index in [0.29, 0.717) is 25.4 Å². The van der Waals surface area contributed by atoms with Crippen LogP contribution < -0.4 is 5.73 Å². The largest absolute Gasteiger partial charge is 0.480 e. The quantitative estimate of drug-likeness (QED) is 0.705. The molecule has 0 saturated heterocycles. The summed E-state index contributed by atoms with van der Waals surface area (Å²) in [5.41, 5.74) is 5.70. The van der Waals surface area contributed by atoms with Gasteiger partial charge in [-0.05, 0) is 43.6 Å². The molecule has 3 N–H and O–H groups in total. The maximum absolute atomic E-state index is 12.2. The molecule has 1 amide bonds. The summed E-state index contributed by atoms with van der Waals surface area (Å²) in [6.45, 7) is 0.963. The Kier molecular flexibility index (Phi) is 3.90. The molecule has 2 aliphatic carbocycles. The molecule has 0 aromatic heterocycles. The van der Waals surface area contributed by atoms with Gasteiger partial charge in [-0.15, -0.1) is 0 Å². The molecule has 0 aliphatic heterocycles. The van der Waals surface area contributed by atoms with E-state index in [1.165, 1.54) is 4.90 Å². The number of carbonyl (C=O) groups is 2. The highest BCUT2D eigenvalue weighted by atomic mass is 16.4. The van der Waals surface area contributed by atoms with Gasteiger partial charge in [0.2, 0.25) is 5.91 Å². The fourth-order valence-corrected chi connectivity index (χ4v) is 2.59. The number of carboxylic acids is 1. The molecular weight excluding hydrogens is 232 g/mol. The Balaban J connectivity index is 1.91. The molecule has 0 radical (unpaired) electrons. The van der Waals surface area contributed by atoms with Crippen LogP contribution in [-0.2, 0) is 9.59 Å². The second-order valence-electron chi connectivity index (χ2n) is 5.85. The van der Waals surface area contributed by atoms with Gasteiger partial charge in [-0.3, -0.25) is 9.59 Å². The lowest BCUT2D eigenvalue weighted by molar-refractivity contribution is -0.146. The molecule has 2 aliphatic rings. The van der Waals surface area contributed by atoms with Crippen LogP contribution in [0.1, 0.15) is 38.5 Å². The van der Waals surface area contributed by atoms with Gasteiger partial charge >= 0.3 is 5.97 Å². The summed E-state index contributed by atoms with van der Waals surface area (Å²) < 4.78 is 0. The summed E-state index contributed by atoms with van der Waals surface area (Å²) >= 11 is 0. The minimum atomic E-state index is -0.931. The molecule has 2 saturated carbocycles. The highest BCUT2D eigenvalue weighted by Crippen LogP contribution is 2.43. The average Bonchev–Trinajstić information content (AvgIpc) is 3.05. The lowest BCUT2D eigenvalue weighted by Crippen LogP contribution is -2.45. The maximum atomic E-state index is 12.2. The van der Waals surface area contributed by atoms with E-state index in [1.54, 1.807) is 0 Å². The van der Waals surface area contributed by atoms with Gasteiger partial charge in [0.05, 0.1) is 0 Å². The van der Waals surface area contributed by atoms with E-state index >= 15 is 0 Å². The van der Waals surface area contributed by atoms with Crippen molar-refractivity contribution in [1.29, 1.82) is 0 Å². The zero-order valence-electron chi connectivity index (χ0n) is 10.7. The topological polar surface area (TPSA) is 83.6 Å². The Bertz CT molecular complexity index is 330. The van der Waals surface area contributed by atoms with Gasteiger partial charge in [-0.2, -0.15) is 0 Å². The molecule has 0 heterocycles. The van der Waals surface area contributed by atoms with Crippen LogP contribution >= 0.6 is 0 Å². The summed E-state index contributed by atoms with van der Waals surface area (Å²) in [4.78, 5) is 24.5. The van der Waals surface area contributed by atoms with Crippen LogP contribution in [0, 0.1) is 11.3 Å². The van der Waals surface area contributed by atoms with Gasteiger partial charge < -0.3 is 15.7 Å². The monoisotopic (exact) mass is 254 g/mol. The lowest BCUT2D eigenvalue weighted by atomic mass is 9.66. The second-order valence-corrected chi connectivity index (χ2v) is 5.85.